The quantitative estimate of drug-likeness (QED) is 0.609. The van der Waals surface area contributed by atoms with E-state index in [2.05, 4.69) is 49.9 Å². The highest BCUT2D eigenvalue weighted by Gasteiger charge is 2.08. The highest BCUT2D eigenvalue weighted by molar-refractivity contribution is 5.04. The smallest absolute Gasteiger partial charge is 0.00157 e. The van der Waals surface area contributed by atoms with Gasteiger partial charge in [0.2, 0.25) is 0 Å². The monoisotopic (exact) mass is 250 g/mol. The van der Waals surface area contributed by atoms with Gasteiger partial charge in [-0.15, -0.1) is 0 Å². The molecule has 2 rings (SSSR count). The fourth-order valence-electron chi connectivity index (χ4n) is 2.39. The number of hydrogen-bond donors (Lipinski definition) is 0. The SMILES string of the molecule is CC=C1CCN(C)CC1.CC=C1CCN(C)CC1. The molecule has 0 spiro atoms. The Morgan fingerprint density at radius 1 is 0.667 bits per heavy atom. The number of piperidine rings is 2. The summed E-state index contributed by atoms with van der Waals surface area (Å²) in [6, 6.07) is 0. The van der Waals surface area contributed by atoms with Gasteiger partial charge < -0.3 is 9.80 Å². The van der Waals surface area contributed by atoms with Gasteiger partial charge in [0.25, 0.3) is 0 Å². The molecule has 0 saturated carbocycles. The van der Waals surface area contributed by atoms with Crippen molar-refractivity contribution >= 4 is 0 Å². The van der Waals surface area contributed by atoms with Crippen LogP contribution >= 0.6 is 0 Å². The molecule has 0 aliphatic carbocycles. The molecular weight excluding hydrogens is 220 g/mol. The van der Waals surface area contributed by atoms with Crippen molar-refractivity contribution < 1.29 is 0 Å². The molecule has 0 unspecified atom stereocenters. The van der Waals surface area contributed by atoms with Gasteiger partial charge in [-0.2, -0.15) is 0 Å². The number of likely N-dealkylation sites (tertiary alicyclic amines) is 2. The predicted octanol–water partition coefficient (Wildman–Crippen LogP) is 3.32. The van der Waals surface area contributed by atoms with Crippen LogP contribution < -0.4 is 0 Å². The lowest BCUT2D eigenvalue weighted by molar-refractivity contribution is 0.312. The van der Waals surface area contributed by atoms with Gasteiger partial charge in [-0.25, -0.2) is 0 Å². The summed E-state index contributed by atoms with van der Waals surface area (Å²) in [5.74, 6) is 0. The Balaban J connectivity index is 0.000000180. The summed E-state index contributed by atoms with van der Waals surface area (Å²) in [4.78, 5) is 4.76. The second-order valence-electron chi connectivity index (χ2n) is 5.50. The van der Waals surface area contributed by atoms with Gasteiger partial charge in [-0.3, -0.25) is 0 Å². The minimum absolute atomic E-state index is 1.25. The van der Waals surface area contributed by atoms with Crippen LogP contribution in [0.4, 0.5) is 0 Å². The summed E-state index contributed by atoms with van der Waals surface area (Å²) < 4.78 is 0. The van der Waals surface area contributed by atoms with Crippen molar-refractivity contribution in [1.82, 2.24) is 9.80 Å². The molecule has 2 aliphatic rings. The van der Waals surface area contributed by atoms with Crippen molar-refractivity contribution in [1.29, 1.82) is 0 Å². The van der Waals surface area contributed by atoms with Gasteiger partial charge in [0.1, 0.15) is 0 Å². The molecule has 0 aromatic rings. The minimum atomic E-state index is 1.25. The fourth-order valence-corrected chi connectivity index (χ4v) is 2.39. The molecule has 18 heavy (non-hydrogen) atoms. The summed E-state index contributed by atoms with van der Waals surface area (Å²) >= 11 is 0. The zero-order chi connectivity index (χ0) is 13.4. The Morgan fingerprint density at radius 2 is 0.944 bits per heavy atom. The van der Waals surface area contributed by atoms with Gasteiger partial charge >= 0.3 is 0 Å². The van der Waals surface area contributed by atoms with E-state index in [0.717, 1.165) is 0 Å². The first-order valence-electron chi connectivity index (χ1n) is 7.31. The van der Waals surface area contributed by atoms with Crippen LogP contribution in [0.5, 0.6) is 0 Å². The average molecular weight is 250 g/mol. The highest BCUT2D eigenvalue weighted by Crippen LogP contribution is 2.14. The molecule has 104 valence electrons. The lowest BCUT2D eigenvalue weighted by Crippen LogP contribution is -2.26. The van der Waals surface area contributed by atoms with Crippen LogP contribution in [-0.4, -0.2) is 50.1 Å². The lowest BCUT2D eigenvalue weighted by Gasteiger charge is -2.23. The maximum atomic E-state index is 2.38. The van der Waals surface area contributed by atoms with E-state index in [9.17, 15) is 0 Å². The molecule has 2 aliphatic heterocycles. The molecule has 0 N–H and O–H groups in total. The van der Waals surface area contributed by atoms with Crippen molar-refractivity contribution in [2.24, 2.45) is 0 Å². The summed E-state index contributed by atoms with van der Waals surface area (Å²) in [7, 11) is 4.37. The maximum Gasteiger partial charge on any atom is 0.00157 e. The molecule has 2 nitrogen and oxygen atoms in total. The second-order valence-corrected chi connectivity index (χ2v) is 5.50. The van der Waals surface area contributed by atoms with E-state index in [1.807, 2.05) is 0 Å². The van der Waals surface area contributed by atoms with E-state index in [4.69, 9.17) is 0 Å². The molecule has 2 heterocycles. The van der Waals surface area contributed by atoms with E-state index in [0.29, 0.717) is 0 Å². The zero-order valence-electron chi connectivity index (χ0n) is 12.7. The third kappa shape index (κ3) is 5.83. The largest absolute Gasteiger partial charge is 0.306 e. The number of allylic oxidation sites excluding steroid dienone is 2. The number of rotatable bonds is 0. The van der Waals surface area contributed by atoms with E-state index >= 15 is 0 Å². The van der Waals surface area contributed by atoms with Crippen LogP contribution in [0, 0.1) is 0 Å². The Labute approximate surface area is 113 Å². The molecule has 0 bridgehead atoms. The Morgan fingerprint density at radius 3 is 1.17 bits per heavy atom. The van der Waals surface area contributed by atoms with Gasteiger partial charge in [0.15, 0.2) is 0 Å². The second kappa shape index (κ2) is 8.49. The molecule has 0 aromatic heterocycles. The average Bonchev–Trinajstić information content (AvgIpc) is 2.41. The van der Waals surface area contributed by atoms with Crippen molar-refractivity contribution in [2.45, 2.75) is 39.5 Å². The van der Waals surface area contributed by atoms with E-state index < -0.39 is 0 Å². The first kappa shape index (κ1) is 15.5. The standard InChI is InChI=1S/2C8H15N/c2*1-3-8-4-6-9(2)7-5-8/h2*3H,4-7H2,1-2H3. The number of hydrogen-bond acceptors (Lipinski definition) is 2. The predicted molar refractivity (Wildman–Crippen MR) is 81.0 cm³/mol. The summed E-state index contributed by atoms with van der Waals surface area (Å²) in [5, 5.41) is 0. The van der Waals surface area contributed by atoms with E-state index in [1.165, 1.54) is 51.9 Å². The van der Waals surface area contributed by atoms with Crippen molar-refractivity contribution in [3.63, 3.8) is 0 Å². The van der Waals surface area contributed by atoms with Crippen LogP contribution in [0.3, 0.4) is 0 Å². The molecule has 2 saturated heterocycles. The Hall–Kier alpha value is -0.600. The van der Waals surface area contributed by atoms with Gasteiger partial charge in [0, 0.05) is 26.2 Å². The molecule has 2 heteroatoms. The topological polar surface area (TPSA) is 6.48 Å². The van der Waals surface area contributed by atoms with Crippen LogP contribution in [0.1, 0.15) is 39.5 Å². The zero-order valence-corrected chi connectivity index (χ0v) is 12.7. The molecule has 0 aromatic carbocycles. The third-order valence-electron chi connectivity index (χ3n) is 4.08. The molecule has 0 amide bonds. The summed E-state index contributed by atoms with van der Waals surface area (Å²) in [6.07, 6.45) is 9.65. The maximum absolute atomic E-state index is 2.38. The van der Waals surface area contributed by atoms with Crippen LogP contribution in [0.15, 0.2) is 23.3 Å². The van der Waals surface area contributed by atoms with Crippen molar-refractivity contribution in [3.8, 4) is 0 Å². The first-order chi connectivity index (χ1) is 8.65. The molecule has 0 radical (unpaired) electrons. The minimum Gasteiger partial charge on any atom is -0.306 e. The number of nitrogens with zero attached hydrogens (tertiary/aromatic N) is 2. The van der Waals surface area contributed by atoms with Crippen molar-refractivity contribution in [2.75, 3.05) is 40.3 Å². The normalized spacial score (nSPS) is 22.2. The Bertz CT molecular complexity index is 241. The van der Waals surface area contributed by atoms with Crippen LogP contribution in [0.25, 0.3) is 0 Å². The van der Waals surface area contributed by atoms with E-state index in [-0.39, 0.29) is 0 Å². The third-order valence-corrected chi connectivity index (χ3v) is 4.08. The summed E-state index contributed by atoms with van der Waals surface area (Å²) in [5.41, 5.74) is 3.26. The molecule has 0 atom stereocenters. The molecule has 2 fully saturated rings. The van der Waals surface area contributed by atoms with Crippen LogP contribution in [0.2, 0.25) is 0 Å². The van der Waals surface area contributed by atoms with Gasteiger partial charge in [-0.1, -0.05) is 23.3 Å². The van der Waals surface area contributed by atoms with Gasteiger partial charge in [-0.05, 0) is 53.6 Å². The Kier molecular flexibility index (Phi) is 7.29. The van der Waals surface area contributed by atoms with E-state index in [1.54, 1.807) is 11.1 Å². The molecular formula is C16H30N2. The first-order valence-corrected chi connectivity index (χ1v) is 7.31. The lowest BCUT2D eigenvalue weighted by atomic mass is 10.1. The fraction of sp³-hybridized carbons (Fsp3) is 0.750. The highest BCUT2D eigenvalue weighted by atomic mass is 15.1. The van der Waals surface area contributed by atoms with Crippen molar-refractivity contribution in [3.05, 3.63) is 23.3 Å². The summed E-state index contributed by atoms with van der Waals surface area (Å²) in [6.45, 7) is 9.28. The van der Waals surface area contributed by atoms with Gasteiger partial charge in [0.05, 0.1) is 0 Å². The van der Waals surface area contributed by atoms with Crippen LogP contribution in [-0.2, 0) is 0 Å².